The van der Waals surface area contributed by atoms with Gasteiger partial charge in [0.25, 0.3) is 0 Å². The molecule has 1 N–H and O–H groups in total. The molecule has 2 heteroatoms. The number of hydrogen-bond acceptors (Lipinski definition) is 2. The maximum absolute atomic E-state index is 3.79. The van der Waals surface area contributed by atoms with Gasteiger partial charge in [-0.2, -0.15) is 0 Å². The van der Waals surface area contributed by atoms with Crippen molar-refractivity contribution >= 4 is 0 Å². The van der Waals surface area contributed by atoms with Crippen LogP contribution in [0.15, 0.2) is 0 Å². The van der Waals surface area contributed by atoms with E-state index < -0.39 is 0 Å². The van der Waals surface area contributed by atoms with Crippen molar-refractivity contribution in [2.45, 2.75) is 65.5 Å². The molecule has 0 radical (unpaired) electrons. The molecule has 16 heavy (non-hydrogen) atoms. The van der Waals surface area contributed by atoms with Crippen LogP contribution in [0.4, 0.5) is 0 Å². The third kappa shape index (κ3) is 3.21. The van der Waals surface area contributed by atoms with E-state index in [1.165, 1.54) is 25.7 Å². The number of nitrogens with zero attached hydrogens (tertiary/aromatic N) is 1. The van der Waals surface area contributed by atoms with Gasteiger partial charge in [-0.05, 0) is 44.8 Å². The van der Waals surface area contributed by atoms with E-state index >= 15 is 0 Å². The van der Waals surface area contributed by atoms with Gasteiger partial charge in [0.1, 0.15) is 0 Å². The summed E-state index contributed by atoms with van der Waals surface area (Å²) in [5.74, 6) is 0. The number of rotatable bonds is 5. The van der Waals surface area contributed by atoms with Crippen molar-refractivity contribution in [3.63, 3.8) is 0 Å². The maximum atomic E-state index is 3.79. The van der Waals surface area contributed by atoms with Gasteiger partial charge in [0, 0.05) is 12.1 Å². The summed E-state index contributed by atoms with van der Waals surface area (Å²) in [6.07, 6.45) is 5.33. The van der Waals surface area contributed by atoms with Crippen LogP contribution in [0.1, 0.15) is 53.4 Å². The molecule has 1 aliphatic carbocycles. The second kappa shape index (κ2) is 6.02. The molecule has 1 rings (SSSR count). The fraction of sp³-hybridized carbons (Fsp3) is 1.00. The Labute approximate surface area is 102 Å². The minimum absolute atomic E-state index is 0.446. The summed E-state index contributed by atoms with van der Waals surface area (Å²) in [5.41, 5.74) is 0.446. The number of hydrogen-bond donors (Lipinski definition) is 1. The summed E-state index contributed by atoms with van der Waals surface area (Å²) in [6.45, 7) is 11.7. The Morgan fingerprint density at radius 3 is 2.56 bits per heavy atom. The average molecular weight is 226 g/mol. The lowest BCUT2D eigenvalue weighted by atomic mass is 9.70. The van der Waals surface area contributed by atoms with Gasteiger partial charge in [0.05, 0.1) is 0 Å². The van der Waals surface area contributed by atoms with Crippen molar-refractivity contribution in [2.24, 2.45) is 5.41 Å². The smallest absolute Gasteiger partial charge is 0.0274 e. The Hall–Kier alpha value is -0.0800. The molecule has 2 nitrogen and oxygen atoms in total. The Balaban J connectivity index is 2.71. The van der Waals surface area contributed by atoms with Crippen LogP contribution in [0.25, 0.3) is 0 Å². The van der Waals surface area contributed by atoms with Crippen LogP contribution in [0.2, 0.25) is 0 Å². The predicted octanol–water partition coefficient (Wildman–Crippen LogP) is 2.89. The molecule has 1 saturated carbocycles. The van der Waals surface area contributed by atoms with E-state index in [-0.39, 0.29) is 0 Å². The Morgan fingerprint density at radius 1 is 1.31 bits per heavy atom. The lowest BCUT2D eigenvalue weighted by Gasteiger charge is -2.47. The molecular formula is C14H30N2. The minimum Gasteiger partial charge on any atom is -0.312 e. The topological polar surface area (TPSA) is 15.3 Å². The Bertz CT molecular complexity index is 201. The van der Waals surface area contributed by atoms with Gasteiger partial charge in [0.2, 0.25) is 0 Å². The molecule has 0 heterocycles. The first-order valence-electron chi connectivity index (χ1n) is 6.96. The molecule has 0 spiro atoms. The van der Waals surface area contributed by atoms with Gasteiger partial charge in [-0.15, -0.1) is 0 Å². The average Bonchev–Trinajstić information content (AvgIpc) is 2.25. The minimum atomic E-state index is 0.446. The monoisotopic (exact) mass is 226 g/mol. The third-order valence-corrected chi connectivity index (χ3v) is 4.23. The summed E-state index contributed by atoms with van der Waals surface area (Å²) in [5, 5.41) is 3.79. The highest BCUT2D eigenvalue weighted by Gasteiger charge is 2.39. The standard InChI is InChI=1S/C14H30N2/c1-6-11-15-13-12(16(5)7-2)9-8-10-14(13,3)4/h12-13,15H,6-11H2,1-5H3. The zero-order valence-electron chi connectivity index (χ0n) is 11.8. The quantitative estimate of drug-likeness (QED) is 0.775. The molecule has 0 aromatic carbocycles. The van der Waals surface area contributed by atoms with E-state index in [0.29, 0.717) is 11.5 Å². The highest BCUT2D eigenvalue weighted by molar-refractivity contribution is 4.97. The third-order valence-electron chi connectivity index (χ3n) is 4.23. The number of likely N-dealkylation sites (N-methyl/N-ethyl adjacent to an activating group) is 1. The first kappa shape index (κ1) is 14.0. The van der Waals surface area contributed by atoms with Crippen molar-refractivity contribution in [1.29, 1.82) is 0 Å². The largest absolute Gasteiger partial charge is 0.312 e. The van der Waals surface area contributed by atoms with E-state index in [0.717, 1.165) is 19.1 Å². The maximum Gasteiger partial charge on any atom is 0.0274 e. The van der Waals surface area contributed by atoms with Gasteiger partial charge >= 0.3 is 0 Å². The zero-order valence-corrected chi connectivity index (χ0v) is 11.8. The van der Waals surface area contributed by atoms with Crippen molar-refractivity contribution in [1.82, 2.24) is 10.2 Å². The zero-order chi connectivity index (χ0) is 12.2. The first-order chi connectivity index (χ1) is 7.53. The summed E-state index contributed by atoms with van der Waals surface area (Å²) < 4.78 is 0. The van der Waals surface area contributed by atoms with Crippen molar-refractivity contribution < 1.29 is 0 Å². The molecule has 0 amide bonds. The van der Waals surface area contributed by atoms with E-state index in [1.54, 1.807) is 0 Å². The molecule has 0 aliphatic heterocycles. The van der Waals surface area contributed by atoms with Gasteiger partial charge < -0.3 is 10.2 Å². The highest BCUT2D eigenvalue weighted by Crippen LogP contribution is 2.37. The van der Waals surface area contributed by atoms with Crippen LogP contribution < -0.4 is 5.32 Å². The molecule has 1 aliphatic rings. The molecule has 0 aromatic heterocycles. The van der Waals surface area contributed by atoms with Crippen LogP contribution >= 0.6 is 0 Å². The molecule has 0 aromatic rings. The van der Waals surface area contributed by atoms with Crippen LogP contribution in [-0.2, 0) is 0 Å². The summed E-state index contributed by atoms with van der Waals surface area (Å²) in [7, 11) is 2.27. The molecule has 1 fully saturated rings. The molecule has 96 valence electrons. The van der Waals surface area contributed by atoms with Crippen molar-refractivity contribution in [3.8, 4) is 0 Å². The van der Waals surface area contributed by atoms with Gasteiger partial charge in [-0.1, -0.05) is 34.1 Å². The summed E-state index contributed by atoms with van der Waals surface area (Å²) in [4.78, 5) is 2.52. The van der Waals surface area contributed by atoms with Crippen LogP contribution in [-0.4, -0.2) is 37.1 Å². The second-order valence-electron chi connectivity index (χ2n) is 5.95. The van der Waals surface area contributed by atoms with Crippen molar-refractivity contribution in [2.75, 3.05) is 20.1 Å². The van der Waals surface area contributed by atoms with Gasteiger partial charge in [-0.25, -0.2) is 0 Å². The fourth-order valence-corrected chi connectivity index (χ4v) is 3.03. The second-order valence-corrected chi connectivity index (χ2v) is 5.95. The van der Waals surface area contributed by atoms with Crippen LogP contribution in [0, 0.1) is 5.41 Å². The summed E-state index contributed by atoms with van der Waals surface area (Å²) in [6, 6.07) is 1.38. The first-order valence-corrected chi connectivity index (χ1v) is 6.96. The van der Waals surface area contributed by atoms with E-state index in [9.17, 15) is 0 Å². The van der Waals surface area contributed by atoms with Crippen LogP contribution in [0.3, 0.4) is 0 Å². The highest BCUT2D eigenvalue weighted by atomic mass is 15.2. The lowest BCUT2D eigenvalue weighted by Crippen LogP contribution is -2.58. The lowest BCUT2D eigenvalue weighted by molar-refractivity contribution is 0.0656. The molecular weight excluding hydrogens is 196 g/mol. The van der Waals surface area contributed by atoms with Gasteiger partial charge in [-0.3, -0.25) is 0 Å². The molecule has 0 bridgehead atoms. The Kier molecular flexibility index (Phi) is 5.26. The number of nitrogens with one attached hydrogen (secondary N) is 1. The van der Waals surface area contributed by atoms with Crippen molar-refractivity contribution in [3.05, 3.63) is 0 Å². The van der Waals surface area contributed by atoms with E-state index in [4.69, 9.17) is 0 Å². The fourth-order valence-electron chi connectivity index (χ4n) is 3.03. The normalized spacial score (nSPS) is 29.6. The Morgan fingerprint density at radius 2 is 2.00 bits per heavy atom. The molecule has 2 atom stereocenters. The van der Waals surface area contributed by atoms with E-state index in [2.05, 4.69) is 45.0 Å². The predicted molar refractivity (Wildman–Crippen MR) is 71.8 cm³/mol. The van der Waals surface area contributed by atoms with Gasteiger partial charge in [0.15, 0.2) is 0 Å². The SMILES string of the molecule is CCCNC1C(N(C)CC)CCCC1(C)C. The molecule has 2 unspecified atom stereocenters. The molecule has 0 saturated heterocycles. The van der Waals surface area contributed by atoms with E-state index in [1.807, 2.05) is 0 Å². The van der Waals surface area contributed by atoms with Crippen LogP contribution in [0.5, 0.6) is 0 Å². The summed E-state index contributed by atoms with van der Waals surface area (Å²) >= 11 is 0.